The van der Waals surface area contributed by atoms with Crippen LogP contribution in [0, 0.1) is 5.41 Å². The molecule has 0 aliphatic carbocycles. The van der Waals surface area contributed by atoms with E-state index in [1.165, 1.54) is 0 Å². The van der Waals surface area contributed by atoms with Gasteiger partial charge in [-0.2, -0.15) is 0 Å². The first-order chi connectivity index (χ1) is 18.6. The summed E-state index contributed by atoms with van der Waals surface area (Å²) in [4.78, 5) is 45.4. The molecule has 2 heterocycles. The summed E-state index contributed by atoms with van der Waals surface area (Å²) in [6, 6.07) is 12.6. The number of benzene rings is 2. The number of hydrogen-bond acceptors (Lipinski definition) is 5. The molecular weight excluding hydrogens is 514 g/mol. The van der Waals surface area contributed by atoms with E-state index in [0.29, 0.717) is 61.0 Å². The van der Waals surface area contributed by atoms with Crippen molar-refractivity contribution >= 4 is 40.7 Å². The van der Waals surface area contributed by atoms with E-state index in [0.717, 1.165) is 38.2 Å². The van der Waals surface area contributed by atoms with E-state index >= 15 is 0 Å². The molecule has 0 atom stereocenters. The molecule has 0 radical (unpaired) electrons. The van der Waals surface area contributed by atoms with E-state index in [2.05, 4.69) is 15.5 Å². The van der Waals surface area contributed by atoms with Gasteiger partial charge in [-0.3, -0.25) is 14.4 Å². The maximum atomic E-state index is 13.4. The fraction of sp³-hybridized carbons (Fsp3) is 0.500. The van der Waals surface area contributed by atoms with Gasteiger partial charge in [0.1, 0.15) is 0 Å². The third-order valence-corrected chi connectivity index (χ3v) is 7.27. The zero-order chi connectivity index (χ0) is 28.0. The first kappa shape index (κ1) is 28.9. The minimum atomic E-state index is -0.166. The molecule has 4 rings (SSSR count). The Labute approximate surface area is 236 Å². The van der Waals surface area contributed by atoms with Gasteiger partial charge in [-0.15, -0.1) is 0 Å². The Balaban J connectivity index is 1.55. The Morgan fingerprint density at radius 3 is 2.31 bits per heavy atom. The minimum Gasteiger partial charge on any atom is -0.368 e. The molecule has 9 heteroatoms. The molecule has 0 bridgehead atoms. The Hall–Kier alpha value is -3.10. The third kappa shape index (κ3) is 7.96. The van der Waals surface area contributed by atoms with Crippen LogP contribution in [0.4, 0.5) is 11.4 Å². The largest absolute Gasteiger partial charge is 0.368 e. The maximum absolute atomic E-state index is 13.4. The van der Waals surface area contributed by atoms with Crippen molar-refractivity contribution in [2.24, 2.45) is 5.41 Å². The van der Waals surface area contributed by atoms with Gasteiger partial charge < -0.3 is 25.3 Å². The van der Waals surface area contributed by atoms with Gasteiger partial charge in [0.2, 0.25) is 5.91 Å². The van der Waals surface area contributed by atoms with Crippen LogP contribution in [0.3, 0.4) is 0 Å². The van der Waals surface area contributed by atoms with Gasteiger partial charge in [-0.05, 0) is 61.2 Å². The van der Waals surface area contributed by atoms with Gasteiger partial charge in [-0.1, -0.05) is 38.4 Å². The van der Waals surface area contributed by atoms with E-state index in [-0.39, 0.29) is 23.1 Å². The molecule has 0 aromatic heterocycles. The highest BCUT2D eigenvalue weighted by Crippen LogP contribution is 2.30. The molecule has 2 aromatic carbocycles. The van der Waals surface area contributed by atoms with Crippen molar-refractivity contribution < 1.29 is 14.4 Å². The van der Waals surface area contributed by atoms with Crippen molar-refractivity contribution in [1.29, 1.82) is 0 Å². The molecule has 0 spiro atoms. The summed E-state index contributed by atoms with van der Waals surface area (Å²) in [6.07, 6.45) is 2.06. The number of carbonyl (C=O) groups excluding carboxylic acids is 3. The van der Waals surface area contributed by atoms with Crippen molar-refractivity contribution in [1.82, 2.24) is 15.1 Å². The van der Waals surface area contributed by atoms with Gasteiger partial charge in [0, 0.05) is 68.4 Å². The van der Waals surface area contributed by atoms with Crippen LogP contribution in [0.1, 0.15) is 60.7 Å². The van der Waals surface area contributed by atoms with Gasteiger partial charge in [-0.25, -0.2) is 0 Å². The molecule has 2 N–H and O–H groups in total. The van der Waals surface area contributed by atoms with Crippen LogP contribution in [-0.2, 0) is 4.79 Å². The molecule has 210 valence electrons. The molecule has 0 saturated carbocycles. The van der Waals surface area contributed by atoms with Crippen LogP contribution in [0.25, 0.3) is 0 Å². The number of anilines is 2. The second kappa shape index (κ2) is 12.8. The predicted octanol–water partition coefficient (Wildman–Crippen LogP) is 4.50. The van der Waals surface area contributed by atoms with Gasteiger partial charge >= 0.3 is 0 Å². The normalized spacial score (nSPS) is 16.9. The number of halogens is 1. The van der Waals surface area contributed by atoms with Gasteiger partial charge in [0.05, 0.1) is 11.4 Å². The number of nitrogens with one attached hydrogen (secondary N) is 2. The molecule has 39 heavy (non-hydrogen) atoms. The third-order valence-electron chi connectivity index (χ3n) is 7.03. The van der Waals surface area contributed by atoms with E-state index in [9.17, 15) is 14.4 Å². The van der Waals surface area contributed by atoms with Crippen molar-refractivity contribution in [3.8, 4) is 0 Å². The van der Waals surface area contributed by atoms with Crippen LogP contribution < -0.4 is 15.5 Å². The highest BCUT2D eigenvalue weighted by atomic mass is 35.5. The SMILES string of the molecule is CC(C)(C)CC(=O)Nc1cc(C(=O)N2CCCNCC2)ccc1N1CCCN(C(=O)c2cccc(Cl)c2)CC1. The first-order valence-corrected chi connectivity index (χ1v) is 14.2. The fourth-order valence-corrected chi connectivity index (χ4v) is 5.31. The van der Waals surface area contributed by atoms with E-state index < -0.39 is 0 Å². The highest BCUT2D eigenvalue weighted by molar-refractivity contribution is 6.31. The molecule has 2 aliphatic heterocycles. The molecule has 8 nitrogen and oxygen atoms in total. The molecule has 3 amide bonds. The zero-order valence-electron chi connectivity index (χ0n) is 23.3. The van der Waals surface area contributed by atoms with Gasteiger partial charge in [0.25, 0.3) is 11.8 Å². The lowest BCUT2D eigenvalue weighted by molar-refractivity contribution is -0.117. The van der Waals surface area contributed by atoms with Gasteiger partial charge in [0.15, 0.2) is 0 Å². The summed E-state index contributed by atoms with van der Waals surface area (Å²) in [5.74, 6) is -0.142. The monoisotopic (exact) mass is 553 g/mol. The zero-order valence-corrected chi connectivity index (χ0v) is 24.0. The lowest BCUT2D eigenvalue weighted by Crippen LogP contribution is -2.36. The Morgan fingerprint density at radius 1 is 0.846 bits per heavy atom. The van der Waals surface area contributed by atoms with Crippen molar-refractivity contribution in [3.05, 3.63) is 58.6 Å². The molecule has 0 unspecified atom stereocenters. The number of hydrogen-bond donors (Lipinski definition) is 2. The quantitative estimate of drug-likeness (QED) is 0.569. The molecule has 2 aliphatic rings. The lowest BCUT2D eigenvalue weighted by atomic mass is 9.92. The number of carbonyl (C=O) groups is 3. The number of amides is 3. The van der Waals surface area contributed by atoms with Crippen molar-refractivity contribution in [2.75, 3.05) is 62.6 Å². The van der Waals surface area contributed by atoms with Crippen molar-refractivity contribution in [2.45, 2.75) is 40.0 Å². The minimum absolute atomic E-state index is 0.0225. The van der Waals surface area contributed by atoms with Crippen LogP contribution >= 0.6 is 11.6 Å². The maximum Gasteiger partial charge on any atom is 0.253 e. The summed E-state index contributed by atoms with van der Waals surface area (Å²) in [7, 11) is 0. The average Bonchev–Trinajstić information content (AvgIpc) is 3.30. The molecule has 2 saturated heterocycles. The average molecular weight is 554 g/mol. The summed E-state index contributed by atoms with van der Waals surface area (Å²) < 4.78 is 0. The summed E-state index contributed by atoms with van der Waals surface area (Å²) >= 11 is 6.11. The summed E-state index contributed by atoms with van der Waals surface area (Å²) in [5, 5.41) is 6.98. The Kier molecular flexibility index (Phi) is 9.51. The molecular formula is C30H40ClN5O3. The molecule has 2 aromatic rings. The second-order valence-corrected chi connectivity index (χ2v) is 12.0. The van der Waals surface area contributed by atoms with Crippen LogP contribution in [0.15, 0.2) is 42.5 Å². The molecule has 2 fully saturated rings. The standard InChI is InChI=1S/C30H40ClN5O3/c1-30(2,3)21-27(37)33-25-20-23(29(39)35-13-5-11-32-12-16-35)9-10-26(25)34-14-6-15-36(18-17-34)28(38)22-7-4-8-24(31)19-22/h4,7-10,19-20,32H,5-6,11-18,21H2,1-3H3,(H,33,37). The van der Waals surface area contributed by atoms with Crippen molar-refractivity contribution in [3.63, 3.8) is 0 Å². The van der Waals surface area contributed by atoms with E-state index in [1.807, 2.05) is 48.8 Å². The Morgan fingerprint density at radius 2 is 1.56 bits per heavy atom. The van der Waals surface area contributed by atoms with Crippen LogP contribution in [-0.4, -0.2) is 79.9 Å². The van der Waals surface area contributed by atoms with Crippen LogP contribution in [0.5, 0.6) is 0 Å². The highest BCUT2D eigenvalue weighted by Gasteiger charge is 2.25. The summed E-state index contributed by atoms with van der Waals surface area (Å²) in [6.45, 7) is 11.7. The smallest absolute Gasteiger partial charge is 0.253 e. The topological polar surface area (TPSA) is 85.0 Å². The van der Waals surface area contributed by atoms with E-state index in [1.54, 1.807) is 24.3 Å². The number of nitrogens with zero attached hydrogens (tertiary/aromatic N) is 3. The second-order valence-electron chi connectivity index (χ2n) is 11.6. The van der Waals surface area contributed by atoms with Crippen LogP contribution in [0.2, 0.25) is 5.02 Å². The lowest BCUT2D eigenvalue weighted by Gasteiger charge is -2.28. The first-order valence-electron chi connectivity index (χ1n) is 13.8. The van der Waals surface area contributed by atoms with E-state index in [4.69, 9.17) is 11.6 Å². The number of rotatable bonds is 5. The predicted molar refractivity (Wildman–Crippen MR) is 157 cm³/mol. The summed E-state index contributed by atoms with van der Waals surface area (Å²) in [5.41, 5.74) is 2.48. The Bertz CT molecular complexity index is 1190. The fourth-order valence-electron chi connectivity index (χ4n) is 5.12.